The molecule has 1 aromatic carbocycles. The molecule has 0 radical (unpaired) electrons. The molecular weight excluding hydrogens is 395 g/mol. The highest BCUT2D eigenvalue weighted by Gasteiger charge is 2.36. The van der Waals surface area contributed by atoms with Gasteiger partial charge in [-0.15, -0.1) is 0 Å². The summed E-state index contributed by atoms with van der Waals surface area (Å²) in [5.74, 6) is -1.51. The third kappa shape index (κ3) is 4.93. The fourth-order valence-electron chi connectivity index (χ4n) is 2.85. The Morgan fingerprint density at radius 1 is 1.30 bits per heavy atom. The number of carbonyl (C=O) groups excluding carboxylic acids is 2. The van der Waals surface area contributed by atoms with E-state index in [1.807, 2.05) is 0 Å². The number of ether oxygens (including phenoxy) is 1. The second-order valence-electron chi connectivity index (χ2n) is 5.92. The first-order valence-corrected chi connectivity index (χ1v) is 9.14. The van der Waals surface area contributed by atoms with Crippen LogP contribution >= 0.6 is 23.2 Å². The molecule has 146 valence electrons. The van der Waals surface area contributed by atoms with Gasteiger partial charge in [0.1, 0.15) is 0 Å². The number of aliphatic carboxylic acids is 1. The maximum absolute atomic E-state index is 12.6. The van der Waals surface area contributed by atoms with Crippen LogP contribution in [-0.4, -0.2) is 41.1 Å². The number of carbonyl (C=O) groups is 3. The molecule has 0 bridgehead atoms. The third-order valence-corrected chi connectivity index (χ3v) is 4.88. The molecule has 0 saturated heterocycles. The Labute approximate surface area is 166 Å². The van der Waals surface area contributed by atoms with Crippen LogP contribution in [0.25, 0.3) is 0 Å². The fourth-order valence-corrected chi connectivity index (χ4v) is 3.16. The van der Waals surface area contributed by atoms with Crippen molar-refractivity contribution in [2.24, 2.45) is 0 Å². The molecular formula is C18H20Cl2N2O5. The van der Waals surface area contributed by atoms with Crippen LogP contribution < -0.4 is 5.32 Å². The number of nitrogens with one attached hydrogen (secondary N) is 1. The van der Waals surface area contributed by atoms with E-state index >= 15 is 0 Å². The van der Waals surface area contributed by atoms with Crippen LogP contribution in [-0.2, 0) is 14.3 Å². The van der Waals surface area contributed by atoms with Gasteiger partial charge in [-0.1, -0.05) is 29.3 Å². The second kappa shape index (κ2) is 9.10. The van der Waals surface area contributed by atoms with E-state index < -0.39 is 24.0 Å². The Morgan fingerprint density at radius 3 is 2.59 bits per heavy atom. The zero-order valence-corrected chi connectivity index (χ0v) is 16.4. The van der Waals surface area contributed by atoms with E-state index in [9.17, 15) is 14.4 Å². The predicted molar refractivity (Wildman–Crippen MR) is 101 cm³/mol. The SMILES string of the molecule is CCOC(=O)C1=C(C)N(CCCC(=O)O)C(=O)NC1c1ccc(Cl)c(Cl)c1. The summed E-state index contributed by atoms with van der Waals surface area (Å²) in [6.45, 7) is 3.67. The van der Waals surface area contributed by atoms with Gasteiger partial charge in [-0.3, -0.25) is 9.69 Å². The van der Waals surface area contributed by atoms with E-state index in [0.717, 1.165) is 0 Å². The summed E-state index contributed by atoms with van der Waals surface area (Å²) in [6.07, 6.45) is 0.176. The number of urea groups is 1. The lowest BCUT2D eigenvalue weighted by Crippen LogP contribution is -2.48. The molecule has 1 unspecified atom stereocenters. The molecule has 0 spiro atoms. The normalized spacial score (nSPS) is 17.0. The second-order valence-corrected chi connectivity index (χ2v) is 6.74. The molecule has 0 fully saturated rings. The molecule has 7 nitrogen and oxygen atoms in total. The molecule has 1 aromatic rings. The van der Waals surface area contributed by atoms with Gasteiger partial charge in [0, 0.05) is 18.7 Å². The van der Waals surface area contributed by atoms with Crippen LogP contribution in [0.3, 0.4) is 0 Å². The number of hydrogen-bond acceptors (Lipinski definition) is 4. The molecule has 1 heterocycles. The van der Waals surface area contributed by atoms with Crippen molar-refractivity contribution in [2.45, 2.75) is 32.7 Å². The van der Waals surface area contributed by atoms with Gasteiger partial charge in [-0.05, 0) is 38.0 Å². The molecule has 2 rings (SSSR count). The van der Waals surface area contributed by atoms with Crippen molar-refractivity contribution < 1.29 is 24.2 Å². The summed E-state index contributed by atoms with van der Waals surface area (Å²) in [4.78, 5) is 37.2. The molecule has 2 N–H and O–H groups in total. The Morgan fingerprint density at radius 2 is 2.00 bits per heavy atom. The van der Waals surface area contributed by atoms with Gasteiger partial charge in [-0.2, -0.15) is 0 Å². The summed E-state index contributed by atoms with van der Waals surface area (Å²) in [5.41, 5.74) is 1.27. The van der Waals surface area contributed by atoms with E-state index in [4.69, 9.17) is 33.0 Å². The van der Waals surface area contributed by atoms with Crippen LogP contribution in [0.1, 0.15) is 38.3 Å². The molecule has 27 heavy (non-hydrogen) atoms. The molecule has 0 aromatic heterocycles. The van der Waals surface area contributed by atoms with Crippen molar-refractivity contribution in [3.63, 3.8) is 0 Å². The Balaban J connectivity index is 2.42. The predicted octanol–water partition coefficient (Wildman–Crippen LogP) is 3.76. The third-order valence-electron chi connectivity index (χ3n) is 4.14. The summed E-state index contributed by atoms with van der Waals surface area (Å²) in [6, 6.07) is 3.67. The van der Waals surface area contributed by atoms with Crippen molar-refractivity contribution in [1.82, 2.24) is 10.2 Å². The van der Waals surface area contributed by atoms with E-state index in [-0.39, 0.29) is 31.6 Å². The number of carboxylic acids is 1. The average molecular weight is 415 g/mol. The summed E-state index contributed by atoms with van der Waals surface area (Å²) >= 11 is 12.0. The van der Waals surface area contributed by atoms with E-state index in [1.165, 1.54) is 4.90 Å². The first-order valence-electron chi connectivity index (χ1n) is 8.38. The van der Waals surface area contributed by atoms with Crippen molar-refractivity contribution in [1.29, 1.82) is 0 Å². The number of allylic oxidation sites excluding steroid dienone is 1. The van der Waals surface area contributed by atoms with Gasteiger partial charge in [-0.25, -0.2) is 9.59 Å². The average Bonchev–Trinajstić information content (AvgIpc) is 2.59. The minimum atomic E-state index is -0.951. The van der Waals surface area contributed by atoms with Crippen LogP contribution in [0.2, 0.25) is 10.0 Å². The lowest BCUT2D eigenvalue weighted by molar-refractivity contribution is -0.139. The number of rotatable bonds is 7. The highest BCUT2D eigenvalue weighted by molar-refractivity contribution is 6.42. The van der Waals surface area contributed by atoms with Gasteiger partial charge in [0.05, 0.1) is 28.3 Å². The maximum atomic E-state index is 12.6. The Kier molecular flexibility index (Phi) is 7.10. The zero-order valence-electron chi connectivity index (χ0n) is 14.9. The fraction of sp³-hybridized carbons (Fsp3) is 0.389. The van der Waals surface area contributed by atoms with E-state index in [2.05, 4.69) is 5.32 Å². The van der Waals surface area contributed by atoms with Crippen molar-refractivity contribution in [3.05, 3.63) is 45.1 Å². The minimum Gasteiger partial charge on any atom is -0.481 e. The summed E-state index contributed by atoms with van der Waals surface area (Å²) in [5, 5.41) is 12.2. The lowest BCUT2D eigenvalue weighted by atomic mass is 9.95. The van der Waals surface area contributed by atoms with E-state index in [0.29, 0.717) is 21.3 Å². The van der Waals surface area contributed by atoms with Gasteiger partial charge in [0.2, 0.25) is 0 Å². The lowest BCUT2D eigenvalue weighted by Gasteiger charge is -2.35. The van der Waals surface area contributed by atoms with Crippen LogP contribution in [0.15, 0.2) is 29.5 Å². The van der Waals surface area contributed by atoms with Crippen LogP contribution in [0, 0.1) is 0 Å². The van der Waals surface area contributed by atoms with E-state index in [1.54, 1.807) is 32.0 Å². The molecule has 1 atom stereocenters. The van der Waals surface area contributed by atoms with Gasteiger partial charge < -0.3 is 15.2 Å². The van der Waals surface area contributed by atoms with Crippen LogP contribution in [0.4, 0.5) is 4.79 Å². The molecule has 1 aliphatic rings. The van der Waals surface area contributed by atoms with Gasteiger partial charge in [0.25, 0.3) is 0 Å². The quantitative estimate of drug-likeness (QED) is 0.662. The first kappa shape index (κ1) is 21.1. The van der Waals surface area contributed by atoms with Crippen molar-refractivity contribution >= 4 is 41.2 Å². The Bertz CT molecular complexity index is 794. The maximum Gasteiger partial charge on any atom is 0.338 e. The highest BCUT2D eigenvalue weighted by Crippen LogP contribution is 2.34. The highest BCUT2D eigenvalue weighted by atomic mass is 35.5. The number of amides is 2. The monoisotopic (exact) mass is 414 g/mol. The van der Waals surface area contributed by atoms with Crippen molar-refractivity contribution in [3.8, 4) is 0 Å². The topological polar surface area (TPSA) is 95.9 Å². The Hall–Kier alpha value is -2.25. The molecule has 0 aliphatic carbocycles. The van der Waals surface area contributed by atoms with Crippen molar-refractivity contribution in [2.75, 3.05) is 13.2 Å². The minimum absolute atomic E-state index is 0.0813. The largest absolute Gasteiger partial charge is 0.481 e. The molecule has 2 amide bonds. The molecule has 1 aliphatic heterocycles. The number of benzene rings is 1. The first-order chi connectivity index (χ1) is 12.8. The number of halogens is 2. The molecule has 9 heteroatoms. The molecule has 0 saturated carbocycles. The number of carboxylic acid groups (broad SMARTS) is 1. The van der Waals surface area contributed by atoms with Gasteiger partial charge >= 0.3 is 18.0 Å². The summed E-state index contributed by atoms with van der Waals surface area (Å²) in [7, 11) is 0. The standard InChI is InChI=1S/C18H20Cl2N2O5/c1-3-27-17(25)15-10(2)22(8-4-5-14(23)24)18(26)21-16(15)11-6-7-12(19)13(20)9-11/h6-7,9,16H,3-5,8H2,1-2H3,(H,21,26)(H,23,24). The smallest absolute Gasteiger partial charge is 0.338 e. The number of nitrogens with zero attached hydrogens (tertiary/aromatic N) is 1. The number of esters is 1. The number of hydrogen-bond donors (Lipinski definition) is 2. The zero-order chi connectivity index (χ0) is 20.1. The van der Waals surface area contributed by atoms with Crippen LogP contribution in [0.5, 0.6) is 0 Å². The van der Waals surface area contributed by atoms with Gasteiger partial charge in [0.15, 0.2) is 0 Å². The summed E-state index contributed by atoms with van der Waals surface area (Å²) < 4.78 is 5.16.